The van der Waals surface area contributed by atoms with E-state index in [9.17, 15) is 9.90 Å². The molecule has 0 aliphatic heterocycles. The van der Waals surface area contributed by atoms with Crippen molar-refractivity contribution < 1.29 is 9.90 Å². The van der Waals surface area contributed by atoms with Crippen molar-refractivity contribution in [2.45, 2.75) is 70.1 Å². The number of hydrogen-bond acceptors (Lipinski definition) is 6. The molecule has 0 unspecified atom stereocenters. The zero-order chi connectivity index (χ0) is 26.6. The molecule has 1 amide bonds. The highest BCUT2D eigenvalue weighted by atomic mass is 35.5. The third-order valence-corrected chi connectivity index (χ3v) is 7.02. The molecule has 1 heterocycles. The van der Waals surface area contributed by atoms with Crippen molar-refractivity contribution in [2.75, 3.05) is 11.9 Å². The van der Waals surface area contributed by atoms with E-state index in [0.717, 1.165) is 24.1 Å². The van der Waals surface area contributed by atoms with Gasteiger partial charge < -0.3 is 21.1 Å². The van der Waals surface area contributed by atoms with Gasteiger partial charge in [0.1, 0.15) is 5.82 Å². The highest BCUT2D eigenvalue weighted by molar-refractivity contribution is 6.28. The molecular formula is C29H36ClN5O2. The quantitative estimate of drug-likeness (QED) is 0.284. The number of halogens is 1. The highest BCUT2D eigenvalue weighted by Crippen LogP contribution is 2.46. The average molecular weight is 522 g/mol. The van der Waals surface area contributed by atoms with E-state index < -0.39 is 12.1 Å². The maximum atomic E-state index is 11.9. The molecule has 2 aromatic carbocycles. The lowest BCUT2D eigenvalue weighted by molar-refractivity contribution is -0.120. The summed E-state index contributed by atoms with van der Waals surface area (Å²) in [5, 5.41) is 21.0. The second-order valence-electron chi connectivity index (χ2n) is 10.9. The zero-order valence-corrected chi connectivity index (χ0v) is 22.6. The predicted octanol–water partition coefficient (Wildman–Crippen LogP) is 4.86. The van der Waals surface area contributed by atoms with Crippen molar-refractivity contribution >= 4 is 29.0 Å². The number of nitrogens with one attached hydrogen (secondary N) is 3. The second-order valence-corrected chi connectivity index (χ2v) is 11.2. The Hall–Kier alpha value is -3.00. The van der Waals surface area contributed by atoms with Crippen molar-refractivity contribution in [3.05, 3.63) is 82.8 Å². The zero-order valence-electron chi connectivity index (χ0n) is 21.9. The molecule has 1 aliphatic rings. The van der Waals surface area contributed by atoms with E-state index >= 15 is 0 Å². The van der Waals surface area contributed by atoms with Crippen molar-refractivity contribution in [3.8, 4) is 0 Å². The van der Waals surface area contributed by atoms with Crippen LogP contribution in [-0.4, -0.2) is 39.7 Å². The monoisotopic (exact) mass is 521 g/mol. The molecule has 196 valence electrons. The lowest BCUT2D eigenvalue weighted by Gasteiger charge is -2.28. The van der Waals surface area contributed by atoms with Crippen LogP contribution >= 0.6 is 11.6 Å². The van der Waals surface area contributed by atoms with Crippen LogP contribution in [0.5, 0.6) is 0 Å². The van der Waals surface area contributed by atoms with Crippen LogP contribution in [0.3, 0.4) is 0 Å². The van der Waals surface area contributed by atoms with Gasteiger partial charge in [-0.05, 0) is 71.2 Å². The molecule has 0 radical (unpaired) electrons. The number of hydrogen-bond donors (Lipinski definition) is 4. The minimum Gasteiger partial charge on any atom is -0.390 e. The smallest absolute Gasteiger partial charge is 0.224 e. The van der Waals surface area contributed by atoms with E-state index in [1.165, 1.54) is 18.1 Å². The van der Waals surface area contributed by atoms with Crippen LogP contribution in [0.15, 0.2) is 60.8 Å². The van der Waals surface area contributed by atoms with Gasteiger partial charge in [-0.25, -0.2) is 9.97 Å². The molecular weight excluding hydrogens is 486 g/mol. The maximum absolute atomic E-state index is 11.9. The van der Waals surface area contributed by atoms with Crippen LogP contribution in [0, 0.1) is 0 Å². The summed E-state index contributed by atoms with van der Waals surface area (Å²) in [6.45, 7) is 8.52. The van der Waals surface area contributed by atoms with Gasteiger partial charge in [0.2, 0.25) is 11.2 Å². The van der Waals surface area contributed by atoms with Crippen LogP contribution in [0.2, 0.25) is 5.28 Å². The Balaban J connectivity index is 1.39. The molecule has 1 saturated carbocycles. The number of anilines is 2. The Morgan fingerprint density at radius 2 is 1.86 bits per heavy atom. The topological polar surface area (TPSA) is 99.2 Å². The summed E-state index contributed by atoms with van der Waals surface area (Å²) in [4.78, 5) is 19.9. The Morgan fingerprint density at radius 1 is 1.14 bits per heavy atom. The summed E-state index contributed by atoms with van der Waals surface area (Å²) in [5.74, 6) is 0.439. The molecule has 7 nitrogen and oxygen atoms in total. The predicted molar refractivity (Wildman–Crippen MR) is 148 cm³/mol. The van der Waals surface area contributed by atoms with E-state index in [0.29, 0.717) is 18.8 Å². The largest absolute Gasteiger partial charge is 0.390 e. The molecule has 0 spiro atoms. The SMILES string of the molecule is CC(=O)N[C@@H](Cc1ccc(Nc2ccnc(Cl)n2)cc1)[C@@H](O)CNC1(c2cccc(C(C)(C)C)c2)CC1. The number of carbonyl (C=O) groups excluding carboxylic acids is 1. The van der Waals surface area contributed by atoms with Gasteiger partial charge in [-0.1, -0.05) is 57.2 Å². The number of carbonyl (C=O) groups is 1. The normalized spacial score (nSPS) is 16.1. The standard InChI is InChI=1S/C29H36ClN5O2/c1-19(36)33-24(16-20-8-10-23(11-9-20)34-26-12-15-31-27(30)35-26)25(37)18-32-29(13-14-29)22-7-5-6-21(17-22)28(2,3)4/h5-12,15,17,24-25,32,37H,13-14,16,18H2,1-4H3,(H,33,36)(H,31,34,35)/t24-,25-/m0/s1. The summed E-state index contributed by atoms with van der Waals surface area (Å²) in [5.41, 5.74) is 4.38. The minimum absolute atomic E-state index is 0.0784. The lowest BCUT2D eigenvalue weighted by Crippen LogP contribution is -2.49. The first-order valence-electron chi connectivity index (χ1n) is 12.7. The summed E-state index contributed by atoms with van der Waals surface area (Å²) >= 11 is 5.86. The van der Waals surface area contributed by atoms with E-state index in [4.69, 9.17) is 11.6 Å². The van der Waals surface area contributed by atoms with Gasteiger partial charge in [0.25, 0.3) is 0 Å². The van der Waals surface area contributed by atoms with Crippen molar-refractivity contribution in [1.29, 1.82) is 0 Å². The number of aromatic nitrogens is 2. The Labute approximate surface area is 224 Å². The van der Waals surface area contributed by atoms with E-state index in [2.05, 4.69) is 71.0 Å². The average Bonchev–Trinajstić information content (AvgIpc) is 3.64. The van der Waals surface area contributed by atoms with Crippen LogP contribution in [0.4, 0.5) is 11.5 Å². The molecule has 1 aliphatic carbocycles. The van der Waals surface area contributed by atoms with Gasteiger partial charge in [-0.2, -0.15) is 0 Å². The molecule has 1 fully saturated rings. The Morgan fingerprint density at radius 3 is 2.49 bits per heavy atom. The molecule has 1 aromatic heterocycles. The lowest BCUT2D eigenvalue weighted by atomic mass is 9.85. The first-order valence-corrected chi connectivity index (χ1v) is 13.1. The van der Waals surface area contributed by atoms with Crippen LogP contribution < -0.4 is 16.0 Å². The number of amides is 1. The Bertz CT molecular complexity index is 1220. The first kappa shape index (κ1) is 27.0. The van der Waals surface area contributed by atoms with Crippen LogP contribution in [0.25, 0.3) is 0 Å². The minimum atomic E-state index is -0.742. The summed E-state index contributed by atoms with van der Waals surface area (Å²) in [6, 6.07) is 17.9. The van der Waals surface area contributed by atoms with E-state index in [-0.39, 0.29) is 22.1 Å². The third kappa shape index (κ3) is 7.28. The Kier molecular flexibility index (Phi) is 8.17. The van der Waals surface area contributed by atoms with Crippen molar-refractivity contribution in [3.63, 3.8) is 0 Å². The molecule has 0 bridgehead atoms. The van der Waals surface area contributed by atoms with Gasteiger partial charge in [0.05, 0.1) is 12.1 Å². The fourth-order valence-electron chi connectivity index (χ4n) is 4.49. The summed E-state index contributed by atoms with van der Waals surface area (Å²) in [7, 11) is 0. The molecule has 0 saturated heterocycles. The van der Waals surface area contributed by atoms with Crippen LogP contribution in [0.1, 0.15) is 57.2 Å². The number of nitrogens with zero attached hydrogens (tertiary/aromatic N) is 2. The number of rotatable bonds is 10. The molecule has 8 heteroatoms. The first-order chi connectivity index (χ1) is 17.5. The van der Waals surface area contributed by atoms with Gasteiger partial charge in [0.15, 0.2) is 0 Å². The van der Waals surface area contributed by atoms with Crippen molar-refractivity contribution in [2.24, 2.45) is 0 Å². The van der Waals surface area contributed by atoms with Crippen LogP contribution in [-0.2, 0) is 22.2 Å². The molecule has 37 heavy (non-hydrogen) atoms. The van der Waals surface area contributed by atoms with Crippen molar-refractivity contribution in [1.82, 2.24) is 20.6 Å². The van der Waals surface area contributed by atoms with E-state index in [1.54, 1.807) is 12.3 Å². The molecule has 2 atom stereocenters. The molecule has 4 rings (SSSR count). The summed E-state index contributed by atoms with van der Waals surface area (Å²) in [6.07, 6.45) is 3.42. The number of aliphatic hydroxyl groups excluding tert-OH is 1. The van der Waals surface area contributed by atoms with Gasteiger partial charge >= 0.3 is 0 Å². The molecule has 3 aromatic rings. The number of aliphatic hydroxyl groups is 1. The maximum Gasteiger partial charge on any atom is 0.224 e. The second kappa shape index (κ2) is 11.2. The highest BCUT2D eigenvalue weighted by Gasteiger charge is 2.44. The third-order valence-electron chi connectivity index (χ3n) is 6.84. The van der Waals surface area contributed by atoms with Gasteiger partial charge in [-0.15, -0.1) is 0 Å². The van der Waals surface area contributed by atoms with Gasteiger partial charge in [-0.3, -0.25) is 4.79 Å². The molecule has 4 N–H and O–H groups in total. The fraction of sp³-hybridized carbons (Fsp3) is 0.414. The van der Waals surface area contributed by atoms with Gasteiger partial charge in [0, 0.05) is 30.9 Å². The fourth-order valence-corrected chi connectivity index (χ4v) is 4.64. The number of benzene rings is 2. The summed E-state index contributed by atoms with van der Waals surface area (Å²) < 4.78 is 0. The van der Waals surface area contributed by atoms with E-state index in [1.807, 2.05) is 24.3 Å².